The van der Waals surface area contributed by atoms with E-state index < -0.39 is 15.4 Å². The molecular formula is C30H38N2O6S. The SMILES string of the molecule is COc1c[nH]c(-c2ccc(C(=O)CCCCN(CCc3ccccc3)C(=O)OC(C)(C)C)cc2)c1S(C)(=O)=O. The first-order valence-corrected chi connectivity index (χ1v) is 14.9. The normalized spacial score (nSPS) is 11.7. The largest absolute Gasteiger partial charge is 0.494 e. The molecule has 1 aromatic heterocycles. The van der Waals surface area contributed by atoms with E-state index in [9.17, 15) is 18.0 Å². The van der Waals surface area contributed by atoms with Gasteiger partial charge >= 0.3 is 6.09 Å². The zero-order valence-electron chi connectivity index (χ0n) is 23.3. The third-order valence-corrected chi connectivity index (χ3v) is 7.28. The molecule has 0 saturated heterocycles. The fourth-order valence-electron chi connectivity index (χ4n) is 4.21. The van der Waals surface area contributed by atoms with E-state index in [0.717, 1.165) is 18.2 Å². The molecule has 0 aliphatic carbocycles. The number of aromatic nitrogens is 1. The highest BCUT2D eigenvalue weighted by molar-refractivity contribution is 7.91. The molecule has 0 bridgehead atoms. The van der Waals surface area contributed by atoms with Crippen LogP contribution >= 0.6 is 0 Å². The van der Waals surface area contributed by atoms with Crippen molar-refractivity contribution in [3.8, 4) is 17.0 Å². The Balaban J connectivity index is 1.58. The summed E-state index contributed by atoms with van der Waals surface area (Å²) in [4.78, 5) is 30.4. The lowest BCUT2D eigenvalue weighted by molar-refractivity contribution is 0.0249. The van der Waals surface area contributed by atoms with Gasteiger partial charge in [0.1, 0.15) is 10.5 Å². The molecule has 9 heteroatoms. The van der Waals surface area contributed by atoms with E-state index in [1.807, 2.05) is 51.1 Å². The number of ketones is 1. The lowest BCUT2D eigenvalue weighted by atomic mass is 10.0. The Bertz CT molecular complexity index is 1360. The maximum atomic E-state index is 12.8. The second-order valence-electron chi connectivity index (χ2n) is 10.5. The van der Waals surface area contributed by atoms with Crippen LogP contribution in [0.15, 0.2) is 65.7 Å². The highest BCUT2D eigenvalue weighted by Crippen LogP contribution is 2.34. The van der Waals surface area contributed by atoms with Crippen LogP contribution in [0.4, 0.5) is 4.79 Å². The molecule has 0 aliphatic rings. The molecular weight excluding hydrogens is 516 g/mol. The van der Waals surface area contributed by atoms with Crippen LogP contribution < -0.4 is 4.74 Å². The van der Waals surface area contributed by atoms with Gasteiger partial charge in [-0.15, -0.1) is 0 Å². The predicted octanol–water partition coefficient (Wildman–Crippen LogP) is 5.93. The number of carbonyl (C=O) groups is 2. The maximum Gasteiger partial charge on any atom is 0.410 e. The highest BCUT2D eigenvalue weighted by Gasteiger charge is 2.23. The van der Waals surface area contributed by atoms with Crippen LogP contribution in [-0.2, 0) is 21.0 Å². The molecule has 2 aromatic carbocycles. The quantitative estimate of drug-likeness (QED) is 0.220. The number of hydrogen-bond donors (Lipinski definition) is 1. The van der Waals surface area contributed by atoms with E-state index in [1.54, 1.807) is 29.2 Å². The molecule has 0 radical (unpaired) electrons. The van der Waals surface area contributed by atoms with Gasteiger partial charge in [-0.05, 0) is 51.2 Å². The van der Waals surface area contributed by atoms with Crippen molar-refractivity contribution in [1.82, 2.24) is 9.88 Å². The topological polar surface area (TPSA) is 106 Å². The molecule has 0 aliphatic heterocycles. The lowest BCUT2D eigenvalue weighted by Crippen LogP contribution is -2.38. The van der Waals surface area contributed by atoms with Gasteiger partial charge < -0.3 is 19.4 Å². The van der Waals surface area contributed by atoms with Crippen molar-refractivity contribution in [3.05, 3.63) is 71.9 Å². The average molecular weight is 555 g/mol. The third-order valence-electron chi connectivity index (χ3n) is 6.13. The molecule has 1 amide bonds. The minimum Gasteiger partial charge on any atom is -0.494 e. The maximum absolute atomic E-state index is 12.8. The Labute approximate surface area is 231 Å². The Kier molecular flexibility index (Phi) is 9.97. The smallest absolute Gasteiger partial charge is 0.410 e. The molecule has 0 atom stereocenters. The zero-order valence-corrected chi connectivity index (χ0v) is 24.1. The predicted molar refractivity (Wildman–Crippen MR) is 152 cm³/mol. The average Bonchev–Trinajstić information content (AvgIpc) is 3.33. The second kappa shape index (κ2) is 13.0. The van der Waals surface area contributed by atoms with Crippen LogP contribution in [0, 0.1) is 0 Å². The van der Waals surface area contributed by atoms with E-state index in [2.05, 4.69) is 4.98 Å². The summed E-state index contributed by atoms with van der Waals surface area (Å²) in [6.45, 7) is 6.57. The van der Waals surface area contributed by atoms with Gasteiger partial charge in [0.05, 0.1) is 12.8 Å². The number of ether oxygens (including phenoxy) is 2. The fourth-order valence-corrected chi connectivity index (χ4v) is 5.27. The summed E-state index contributed by atoms with van der Waals surface area (Å²) in [6.07, 6.45) is 4.63. The van der Waals surface area contributed by atoms with Gasteiger partial charge in [0.2, 0.25) is 0 Å². The van der Waals surface area contributed by atoms with Crippen molar-refractivity contribution < 1.29 is 27.5 Å². The van der Waals surface area contributed by atoms with Crippen molar-refractivity contribution in [1.29, 1.82) is 0 Å². The van der Waals surface area contributed by atoms with Crippen molar-refractivity contribution in [2.75, 3.05) is 26.5 Å². The van der Waals surface area contributed by atoms with Crippen LogP contribution in [0.2, 0.25) is 0 Å². The van der Waals surface area contributed by atoms with Gasteiger partial charge in [0.15, 0.2) is 21.4 Å². The summed E-state index contributed by atoms with van der Waals surface area (Å²) < 4.78 is 35.3. The molecule has 0 unspecified atom stereocenters. The van der Waals surface area contributed by atoms with E-state index in [4.69, 9.17) is 9.47 Å². The van der Waals surface area contributed by atoms with Crippen molar-refractivity contribution >= 4 is 21.7 Å². The molecule has 3 rings (SSSR count). The molecule has 39 heavy (non-hydrogen) atoms. The standard InChI is InChI=1S/C30H38N2O6S/c1-30(2,3)38-29(34)32(20-18-22-11-7-6-8-12-22)19-10-9-13-25(33)23-14-16-24(17-15-23)27-28(39(5,35)36)26(37-4)21-31-27/h6-8,11-12,14-17,21,31H,9-10,13,18-20H2,1-5H3. The summed E-state index contributed by atoms with van der Waals surface area (Å²) in [5.74, 6) is 0.235. The van der Waals surface area contributed by atoms with Crippen molar-refractivity contribution in [2.45, 2.75) is 57.0 Å². The Morgan fingerprint density at radius 3 is 2.21 bits per heavy atom. The van der Waals surface area contributed by atoms with Crippen molar-refractivity contribution in [3.63, 3.8) is 0 Å². The molecule has 8 nitrogen and oxygen atoms in total. The molecule has 3 aromatic rings. The first-order chi connectivity index (χ1) is 18.4. The first-order valence-electron chi connectivity index (χ1n) is 13.0. The van der Waals surface area contributed by atoms with E-state index in [-0.39, 0.29) is 22.5 Å². The summed E-state index contributed by atoms with van der Waals surface area (Å²) in [5, 5.41) is 0. The number of H-pyrrole nitrogens is 1. The number of nitrogens with zero attached hydrogens (tertiary/aromatic N) is 1. The monoisotopic (exact) mass is 554 g/mol. The number of aromatic amines is 1. The lowest BCUT2D eigenvalue weighted by Gasteiger charge is -2.27. The molecule has 1 N–H and O–H groups in total. The summed E-state index contributed by atoms with van der Waals surface area (Å²) in [7, 11) is -2.11. The highest BCUT2D eigenvalue weighted by atomic mass is 32.2. The minimum atomic E-state index is -3.53. The summed E-state index contributed by atoms with van der Waals surface area (Å²) in [6, 6.07) is 16.8. The summed E-state index contributed by atoms with van der Waals surface area (Å²) >= 11 is 0. The number of nitrogens with one attached hydrogen (secondary N) is 1. The number of carbonyl (C=O) groups excluding carboxylic acids is 2. The number of benzene rings is 2. The minimum absolute atomic E-state index is 0.0120. The first kappa shape index (κ1) is 30.0. The molecule has 0 saturated carbocycles. The molecule has 0 fully saturated rings. The number of sulfone groups is 1. The third kappa shape index (κ3) is 8.71. The number of amides is 1. The van der Waals surface area contributed by atoms with Gasteiger partial charge in [-0.2, -0.15) is 0 Å². The van der Waals surface area contributed by atoms with Crippen molar-refractivity contribution in [2.24, 2.45) is 0 Å². The molecule has 1 heterocycles. The number of hydrogen-bond acceptors (Lipinski definition) is 6. The van der Waals surface area contributed by atoms with Crippen LogP contribution in [-0.4, -0.2) is 62.2 Å². The van der Waals surface area contributed by atoms with Gasteiger partial charge in [-0.3, -0.25) is 4.79 Å². The van der Waals surface area contributed by atoms with Gasteiger partial charge in [-0.25, -0.2) is 13.2 Å². The number of rotatable bonds is 12. The Morgan fingerprint density at radius 1 is 0.949 bits per heavy atom. The number of unbranched alkanes of at least 4 members (excludes halogenated alkanes) is 1. The van der Waals surface area contributed by atoms with Gasteiger partial charge in [0.25, 0.3) is 0 Å². The molecule has 210 valence electrons. The Morgan fingerprint density at radius 2 is 1.62 bits per heavy atom. The van der Waals surface area contributed by atoms with E-state index >= 15 is 0 Å². The zero-order chi connectivity index (χ0) is 28.6. The van der Waals surface area contributed by atoms with Crippen LogP contribution in [0.1, 0.15) is 56.0 Å². The van der Waals surface area contributed by atoms with E-state index in [0.29, 0.717) is 49.2 Å². The Hall–Kier alpha value is -3.59. The van der Waals surface area contributed by atoms with Crippen LogP contribution in [0.25, 0.3) is 11.3 Å². The summed E-state index contributed by atoms with van der Waals surface area (Å²) in [5.41, 5.74) is 2.17. The fraction of sp³-hybridized carbons (Fsp3) is 0.400. The van der Waals surface area contributed by atoms with Gasteiger partial charge in [-0.1, -0.05) is 54.6 Å². The number of Topliss-reactive ketones (excluding diaryl/α,β-unsaturated/α-hetero) is 1. The second-order valence-corrected chi connectivity index (χ2v) is 12.4. The van der Waals surface area contributed by atoms with Crippen LogP contribution in [0.5, 0.6) is 5.75 Å². The van der Waals surface area contributed by atoms with E-state index in [1.165, 1.54) is 13.3 Å². The number of methoxy groups -OCH3 is 1. The van der Waals surface area contributed by atoms with Crippen LogP contribution in [0.3, 0.4) is 0 Å². The van der Waals surface area contributed by atoms with Gasteiger partial charge in [0, 0.05) is 37.5 Å². The molecule has 0 spiro atoms.